The zero-order chi connectivity index (χ0) is 9.68. The Morgan fingerprint density at radius 2 is 2.23 bits per heavy atom. The Hall–Kier alpha value is -0.800. The number of para-hydroxylation sites is 1. The third-order valence-corrected chi connectivity index (χ3v) is 1.94. The molecule has 0 bridgehead atoms. The first-order valence-electron chi connectivity index (χ1n) is 3.92. The van der Waals surface area contributed by atoms with Crippen molar-refractivity contribution in [2.45, 2.75) is 6.92 Å². The Bertz CT molecular complexity index is 303. The highest BCUT2D eigenvalue weighted by Crippen LogP contribution is 2.20. The van der Waals surface area contributed by atoms with Gasteiger partial charge in [-0.25, -0.2) is 0 Å². The molecule has 0 saturated heterocycles. The Balaban J connectivity index is 2.63. The molecule has 0 fully saturated rings. The molecular weight excluding hydrogens is 206 g/mol. The van der Waals surface area contributed by atoms with Crippen LogP contribution in [0.3, 0.4) is 0 Å². The van der Waals surface area contributed by atoms with E-state index >= 15 is 0 Å². The maximum Gasteiger partial charge on any atom is 0.261 e. The van der Waals surface area contributed by atoms with Gasteiger partial charge in [-0.15, -0.1) is 0 Å². The summed E-state index contributed by atoms with van der Waals surface area (Å²) in [5.74, 6) is 0. The number of nitrogens with one attached hydrogen (secondary N) is 1. The average molecular weight is 216 g/mol. The van der Waals surface area contributed by atoms with E-state index < -0.39 is 0 Å². The lowest BCUT2D eigenvalue weighted by Gasteiger charge is -2.08. The highest BCUT2D eigenvalue weighted by molar-refractivity contribution is 7.80. The van der Waals surface area contributed by atoms with Crippen molar-refractivity contribution < 1.29 is 4.74 Å². The maximum absolute atomic E-state index is 5.89. The van der Waals surface area contributed by atoms with Crippen LogP contribution < -0.4 is 5.32 Å². The van der Waals surface area contributed by atoms with E-state index in [0.29, 0.717) is 16.8 Å². The van der Waals surface area contributed by atoms with Crippen LogP contribution in [-0.2, 0) is 4.74 Å². The summed E-state index contributed by atoms with van der Waals surface area (Å²) < 4.78 is 5.06. The first-order chi connectivity index (χ1) is 6.24. The van der Waals surface area contributed by atoms with Gasteiger partial charge in [0.2, 0.25) is 0 Å². The predicted molar refractivity (Wildman–Crippen MR) is 59.3 cm³/mol. The topological polar surface area (TPSA) is 21.3 Å². The van der Waals surface area contributed by atoms with Crippen LogP contribution in [0.2, 0.25) is 5.02 Å². The molecule has 0 radical (unpaired) electrons. The fourth-order valence-electron chi connectivity index (χ4n) is 0.840. The molecule has 13 heavy (non-hydrogen) atoms. The second kappa shape index (κ2) is 5.04. The Kier molecular flexibility index (Phi) is 3.99. The molecule has 0 heterocycles. The maximum atomic E-state index is 5.89. The van der Waals surface area contributed by atoms with Gasteiger partial charge in [0.15, 0.2) is 0 Å². The molecule has 4 heteroatoms. The number of ether oxygens (including phenoxy) is 1. The Labute approximate surface area is 87.9 Å². The van der Waals surface area contributed by atoms with Crippen LogP contribution in [0.5, 0.6) is 0 Å². The summed E-state index contributed by atoms with van der Waals surface area (Å²) in [5, 5.41) is 3.86. The predicted octanol–water partition coefficient (Wildman–Crippen LogP) is 3.07. The Morgan fingerprint density at radius 3 is 2.85 bits per heavy atom. The molecule has 1 rings (SSSR count). The van der Waals surface area contributed by atoms with Gasteiger partial charge < -0.3 is 10.1 Å². The minimum absolute atomic E-state index is 0.343. The molecule has 2 nitrogen and oxygen atoms in total. The van der Waals surface area contributed by atoms with Crippen molar-refractivity contribution in [1.82, 2.24) is 0 Å². The van der Waals surface area contributed by atoms with Crippen LogP contribution in [0.15, 0.2) is 24.3 Å². The van der Waals surface area contributed by atoms with Crippen LogP contribution in [-0.4, -0.2) is 11.8 Å². The fourth-order valence-corrected chi connectivity index (χ4v) is 1.25. The minimum Gasteiger partial charge on any atom is -0.471 e. The van der Waals surface area contributed by atoms with Gasteiger partial charge in [0.05, 0.1) is 17.3 Å². The molecule has 0 atom stereocenters. The van der Waals surface area contributed by atoms with Gasteiger partial charge >= 0.3 is 0 Å². The molecule has 0 amide bonds. The van der Waals surface area contributed by atoms with Gasteiger partial charge in [-0.2, -0.15) is 0 Å². The lowest BCUT2D eigenvalue weighted by atomic mass is 10.3. The quantitative estimate of drug-likeness (QED) is 0.767. The standard InChI is InChI=1S/C9H10ClNOS/c1-2-12-9(13)11-8-6-4-3-5-7(8)10/h3-6H,2H2,1H3,(H,11,13). The van der Waals surface area contributed by atoms with E-state index in [0.717, 1.165) is 5.69 Å². The monoisotopic (exact) mass is 215 g/mol. The molecule has 0 saturated carbocycles. The molecule has 1 aromatic rings. The van der Waals surface area contributed by atoms with Gasteiger partial charge in [0, 0.05) is 0 Å². The fraction of sp³-hybridized carbons (Fsp3) is 0.222. The number of rotatable bonds is 2. The van der Waals surface area contributed by atoms with E-state index in [1.807, 2.05) is 25.1 Å². The normalized spacial score (nSPS) is 9.38. The number of benzene rings is 1. The summed E-state index contributed by atoms with van der Waals surface area (Å²) in [6.07, 6.45) is 0. The van der Waals surface area contributed by atoms with Crippen molar-refractivity contribution in [3.8, 4) is 0 Å². The van der Waals surface area contributed by atoms with Gasteiger partial charge in [0.25, 0.3) is 5.17 Å². The van der Waals surface area contributed by atoms with Crippen molar-refractivity contribution in [2.24, 2.45) is 0 Å². The molecule has 1 N–H and O–H groups in total. The van der Waals surface area contributed by atoms with Gasteiger partial charge in [-0.1, -0.05) is 23.7 Å². The highest BCUT2D eigenvalue weighted by atomic mass is 35.5. The highest BCUT2D eigenvalue weighted by Gasteiger charge is 2.00. The third kappa shape index (κ3) is 3.20. The van der Waals surface area contributed by atoms with Crippen molar-refractivity contribution >= 4 is 34.7 Å². The summed E-state index contributed by atoms with van der Waals surface area (Å²) in [6, 6.07) is 7.37. The van der Waals surface area contributed by atoms with E-state index in [9.17, 15) is 0 Å². The van der Waals surface area contributed by atoms with Crippen LogP contribution in [0.1, 0.15) is 6.92 Å². The molecule has 0 spiro atoms. The summed E-state index contributed by atoms with van der Waals surface area (Å²) in [6.45, 7) is 2.43. The zero-order valence-electron chi connectivity index (χ0n) is 7.21. The molecular formula is C9H10ClNOS. The molecule has 0 aliphatic carbocycles. The second-order valence-electron chi connectivity index (χ2n) is 2.33. The van der Waals surface area contributed by atoms with E-state index in [1.54, 1.807) is 6.07 Å². The minimum atomic E-state index is 0.343. The van der Waals surface area contributed by atoms with Gasteiger partial charge in [-0.3, -0.25) is 0 Å². The molecule has 0 unspecified atom stereocenters. The van der Waals surface area contributed by atoms with E-state index in [1.165, 1.54) is 0 Å². The van der Waals surface area contributed by atoms with Gasteiger partial charge in [0.1, 0.15) is 0 Å². The molecule has 0 aliphatic heterocycles. The lowest BCUT2D eigenvalue weighted by Crippen LogP contribution is -2.12. The smallest absolute Gasteiger partial charge is 0.261 e. The molecule has 1 aromatic carbocycles. The van der Waals surface area contributed by atoms with Gasteiger partial charge in [-0.05, 0) is 31.3 Å². The van der Waals surface area contributed by atoms with E-state index in [2.05, 4.69) is 5.32 Å². The van der Waals surface area contributed by atoms with Crippen LogP contribution in [0.25, 0.3) is 0 Å². The first kappa shape index (κ1) is 10.3. The largest absolute Gasteiger partial charge is 0.471 e. The van der Waals surface area contributed by atoms with Crippen LogP contribution in [0, 0.1) is 0 Å². The SMILES string of the molecule is CCOC(=S)Nc1ccccc1Cl. The molecule has 0 aliphatic rings. The number of thiocarbonyl (C=S) groups is 1. The zero-order valence-corrected chi connectivity index (χ0v) is 8.78. The lowest BCUT2D eigenvalue weighted by molar-refractivity contribution is 0.335. The third-order valence-electron chi connectivity index (χ3n) is 1.39. The van der Waals surface area contributed by atoms with Crippen molar-refractivity contribution in [3.63, 3.8) is 0 Å². The van der Waals surface area contributed by atoms with E-state index in [-0.39, 0.29) is 0 Å². The summed E-state index contributed by atoms with van der Waals surface area (Å²) in [5.41, 5.74) is 0.766. The van der Waals surface area contributed by atoms with Crippen molar-refractivity contribution in [1.29, 1.82) is 0 Å². The summed E-state index contributed by atoms with van der Waals surface area (Å²) in [4.78, 5) is 0. The first-order valence-corrected chi connectivity index (χ1v) is 4.71. The average Bonchev–Trinajstić information content (AvgIpc) is 2.09. The van der Waals surface area contributed by atoms with Crippen molar-refractivity contribution in [2.75, 3.05) is 11.9 Å². The number of hydrogen-bond acceptors (Lipinski definition) is 2. The summed E-state index contributed by atoms with van der Waals surface area (Å²) >= 11 is 10.8. The molecule has 0 aromatic heterocycles. The second-order valence-corrected chi connectivity index (χ2v) is 3.10. The van der Waals surface area contributed by atoms with Crippen molar-refractivity contribution in [3.05, 3.63) is 29.3 Å². The van der Waals surface area contributed by atoms with E-state index in [4.69, 9.17) is 28.6 Å². The molecule has 70 valence electrons. The Morgan fingerprint density at radius 1 is 1.54 bits per heavy atom. The summed E-state index contributed by atoms with van der Waals surface area (Å²) in [7, 11) is 0. The van der Waals surface area contributed by atoms with Crippen LogP contribution in [0.4, 0.5) is 5.69 Å². The number of hydrogen-bond donors (Lipinski definition) is 1. The van der Waals surface area contributed by atoms with Crippen LogP contribution >= 0.6 is 23.8 Å². The number of anilines is 1. The number of halogens is 1.